The van der Waals surface area contributed by atoms with Gasteiger partial charge in [-0.1, -0.05) is 26.7 Å². The van der Waals surface area contributed by atoms with Gasteiger partial charge in [0.2, 0.25) is 0 Å². The van der Waals surface area contributed by atoms with Crippen LogP contribution in [0.2, 0.25) is 0 Å². The van der Waals surface area contributed by atoms with Crippen LogP contribution in [0.3, 0.4) is 0 Å². The summed E-state index contributed by atoms with van der Waals surface area (Å²) in [4.78, 5) is 2.76. The number of hydrogen-bond acceptors (Lipinski definition) is 3. The lowest BCUT2D eigenvalue weighted by Gasteiger charge is -2.48. The predicted molar refractivity (Wildman–Crippen MR) is 87.6 cm³/mol. The van der Waals surface area contributed by atoms with Gasteiger partial charge in [-0.15, -0.1) is 0 Å². The van der Waals surface area contributed by atoms with E-state index in [4.69, 9.17) is 4.74 Å². The number of ether oxygens (including phenoxy) is 1. The molecule has 2 heterocycles. The van der Waals surface area contributed by atoms with Gasteiger partial charge >= 0.3 is 0 Å². The van der Waals surface area contributed by atoms with Gasteiger partial charge in [-0.3, -0.25) is 4.90 Å². The van der Waals surface area contributed by atoms with Crippen LogP contribution in [0.25, 0.3) is 0 Å². The highest BCUT2D eigenvalue weighted by molar-refractivity contribution is 5.02. The first-order valence-electron chi connectivity index (χ1n) is 9.06. The summed E-state index contributed by atoms with van der Waals surface area (Å²) in [5, 5.41) is 3.91. The summed E-state index contributed by atoms with van der Waals surface area (Å²) in [6, 6.07) is 0.670. The van der Waals surface area contributed by atoms with E-state index in [1.54, 1.807) is 0 Å². The van der Waals surface area contributed by atoms with E-state index in [1.807, 2.05) is 0 Å². The van der Waals surface area contributed by atoms with Crippen molar-refractivity contribution in [2.45, 2.75) is 89.5 Å². The lowest BCUT2D eigenvalue weighted by Crippen LogP contribution is -2.65. The van der Waals surface area contributed by atoms with E-state index in [9.17, 15) is 0 Å². The van der Waals surface area contributed by atoms with E-state index in [-0.39, 0.29) is 5.60 Å². The molecule has 1 saturated carbocycles. The minimum atomic E-state index is 0.0943. The smallest absolute Gasteiger partial charge is 0.0710 e. The molecule has 2 unspecified atom stereocenters. The summed E-state index contributed by atoms with van der Waals surface area (Å²) in [7, 11) is 0. The van der Waals surface area contributed by atoms with Crippen LogP contribution in [0.1, 0.15) is 66.2 Å². The molecule has 3 fully saturated rings. The largest absolute Gasteiger partial charge is 0.371 e. The molecule has 0 radical (unpaired) electrons. The third-order valence-corrected chi connectivity index (χ3v) is 5.98. The molecule has 3 heteroatoms. The van der Waals surface area contributed by atoms with E-state index in [2.05, 4.69) is 37.9 Å². The van der Waals surface area contributed by atoms with Crippen LogP contribution in [-0.4, -0.2) is 47.8 Å². The van der Waals surface area contributed by atoms with Crippen LogP contribution >= 0.6 is 0 Å². The van der Waals surface area contributed by atoms with E-state index >= 15 is 0 Å². The zero-order chi connectivity index (χ0) is 15.1. The molecule has 2 aliphatic heterocycles. The van der Waals surface area contributed by atoms with Crippen molar-refractivity contribution in [1.29, 1.82) is 0 Å². The summed E-state index contributed by atoms with van der Waals surface area (Å²) in [5.74, 6) is 0.714. The molecule has 0 bridgehead atoms. The molecule has 122 valence electrons. The Labute approximate surface area is 130 Å². The minimum Gasteiger partial charge on any atom is -0.371 e. The van der Waals surface area contributed by atoms with Crippen molar-refractivity contribution in [3.8, 4) is 0 Å². The van der Waals surface area contributed by atoms with Gasteiger partial charge in [0.1, 0.15) is 0 Å². The first kappa shape index (κ1) is 15.8. The SMILES string of the molecule is CC(C)C1CNC2(CCCC2)CN1CC1CCC(C)(C)O1. The van der Waals surface area contributed by atoms with Gasteiger partial charge in [0.25, 0.3) is 0 Å². The van der Waals surface area contributed by atoms with Gasteiger partial charge < -0.3 is 10.1 Å². The summed E-state index contributed by atoms with van der Waals surface area (Å²) < 4.78 is 6.27. The van der Waals surface area contributed by atoms with Gasteiger partial charge in [0.05, 0.1) is 11.7 Å². The molecule has 2 saturated heterocycles. The predicted octanol–water partition coefficient (Wildman–Crippen LogP) is 3.19. The fourth-order valence-corrected chi connectivity index (χ4v) is 4.72. The highest BCUT2D eigenvalue weighted by Gasteiger charge is 2.43. The monoisotopic (exact) mass is 294 g/mol. The molecule has 3 rings (SSSR count). The molecular formula is C18H34N2O. The zero-order valence-corrected chi connectivity index (χ0v) is 14.5. The van der Waals surface area contributed by atoms with Crippen LogP contribution in [-0.2, 0) is 4.74 Å². The molecule has 2 atom stereocenters. The molecule has 21 heavy (non-hydrogen) atoms. The van der Waals surface area contributed by atoms with Crippen molar-refractivity contribution in [2.75, 3.05) is 19.6 Å². The molecule has 0 aromatic carbocycles. The van der Waals surface area contributed by atoms with E-state index in [1.165, 1.54) is 45.1 Å². The Hall–Kier alpha value is -0.120. The van der Waals surface area contributed by atoms with Crippen molar-refractivity contribution >= 4 is 0 Å². The van der Waals surface area contributed by atoms with Crippen LogP contribution in [0.5, 0.6) is 0 Å². The molecule has 1 spiro atoms. The van der Waals surface area contributed by atoms with Crippen LogP contribution in [0.15, 0.2) is 0 Å². The van der Waals surface area contributed by atoms with Gasteiger partial charge in [-0.05, 0) is 45.4 Å². The first-order valence-corrected chi connectivity index (χ1v) is 9.06. The Bertz CT molecular complexity index is 360. The van der Waals surface area contributed by atoms with E-state index < -0.39 is 0 Å². The Kier molecular flexibility index (Phi) is 4.37. The second kappa shape index (κ2) is 5.82. The second-order valence-corrected chi connectivity index (χ2v) is 8.65. The lowest BCUT2D eigenvalue weighted by molar-refractivity contribution is -0.0479. The molecule has 0 aromatic rings. The fourth-order valence-electron chi connectivity index (χ4n) is 4.72. The molecule has 0 aromatic heterocycles. The summed E-state index contributed by atoms with van der Waals surface area (Å²) in [6.07, 6.45) is 8.42. The normalized spacial score (nSPS) is 35.9. The summed E-state index contributed by atoms with van der Waals surface area (Å²) in [6.45, 7) is 12.7. The number of hydrogen-bond donors (Lipinski definition) is 1. The van der Waals surface area contributed by atoms with Crippen LogP contribution < -0.4 is 5.32 Å². The molecule has 1 N–H and O–H groups in total. The van der Waals surface area contributed by atoms with Gasteiger partial charge in [0, 0.05) is 31.2 Å². The topological polar surface area (TPSA) is 24.5 Å². The van der Waals surface area contributed by atoms with E-state index in [0.717, 1.165) is 13.1 Å². The van der Waals surface area contributed by atoms with Gasteiger partial charge in [0.15, 0.2) is 0 Å². The summed E-state index contributed by atoms with van der Waals surface area (Å²) >= 11 is 0. The highest BCUT2D eigenvalue weighted by atomic mass is 16.5. The molecule has 0 amide bonds. The maximum atomic E-state index is 6.27. The van der Waals surface area contributed by atoms with E-state index in [0.29, 0.717) is 23.6 Å². The molecular weight excluding hydrogens is 260 g/mol. The number of nitrogens with zero attached hydrogens (tertiary/aromatic N) is 1. The third kappa shape index (κ3) is 3.46. The lowest BCUT2D eigenvalue weighted by atomic mass is 9.88. The van der Waals surface area contributed by atoms with Gasteiger partial charge in [-0.25, -0.2) is 0 Å². The number of piperazine rings is 1. The maximum Gasteiger partial charge on any atom is 0.0710 e. The average molecular weight is 294 g/mol. The maximum absolute atomic E-state index is 6.27. The Morgan fingerprint density at radius 1 is 1.19 bits per heavy atom. The molecule has 3 aliphatic rings. The third-order valence-electron chi connectivity index (χ3n) is 5.98. The first-order chi connectivity index (χ1) is 9.89. The van der Waals surface area contributed by atoms with Crippen molar-refractivity contribution in [1.82, 2.24) is 10.2 Å². The Balaban J connectivity index is 1.66. The number of nitrogens with one attached hydrogen (secondary N) is 1. The second-order valence-electron chi connectivity index (χ2n) is 8.65. The highest BCUT2D eigenvalue weighted by Crippen LogP contribution is 2.36. The van der Waals surface area contributed by atoms with Crippen LogP contribution in [0, 0.1) is 5.92 Å². The fraction of sp³-hybridized carbons (Fsp3) is 1.00. The van der Waals surface area contributed by atoms with Crippen molar-refractivity contribution < 1.29 is 4.74 Å². The van der Waals surface area contributed by atoms with Gasteiger partial charge in [-0.2, -0.15) is 0 Å². The molecule has 3 nitrogen and oxygen atoms in total. The molecule has 1 aliphatic carbocycles. The van der Waals surface area contributed by atoms with Crippen molar-refractivity contribution in [3.63, 3.8) is 0 Å². The standard InChI is InChI=1S/C18H34N2O/c1-14(2)16-11-19-18(8-5-6-9-18)13-20(16)12-15-7-10-17(3,4)21-15/h14-16,19H,5-13H2,1-4H3. The summed E-state index contributed by atoms with van der Waals surface area (Å²) in [5.41, 5.74) is 0.511. The van der Waals surface area contributed by atoms with Crippen molar-refractivity contribution in [3.05, 3.63) is 0 Å². The minimum absolute atomic E-state index is 0.0943. The Morgan fingerprint density at radius 2 is 1.90 bits per heavy atom. The quantitative estimate of drug-likeness (QED) is 0.865. The average Bonchev–Trinajstić information content (AvgIpc) is 2.96. The number of rotatable bonds is 3. The van der Waals surface area contributed by atoms with Crippen molar-refractivity contribution in [2.24, 2.45) is 5.92 Å². The Morgan fingerprint density at radius 3 is 2.48 bits per heavy atom. The van der Waals surface area contributed by atoms with Crippen LogP contribution in [0.4, 0.5) is 0 Å². The zero-order valence-electron chi connectivity index (χ0n) is 14.5.